The number of aryl methyl sites for hydroxylation is 1. The summed E-state index contributed by atoms with van der Waals surface area (Å²) in [5.74, 6) is 0.650. The second-order valence-corrected chi connectivity index (χ2v) is 5.14. The monoisotopic (exact) mass is 204 g/mol. The molecular weight excluding hydrogens is 188 g/mol. The largest absolute Gasteiger partial charge is 0.140 e. The molecule has 0 nitrogen and oxygen atoms in total. The predicted octanol–water partition coefficient (Wildman–Crippen LogP) is 4.59. The highest BCUT2D eigenvalue weighted by Crippen LogP contribution is 2.31. The minimum atomic E-state index is 0.650. The maximum atomic E-state index is 2.33. The Kier molecular flexibility index (Phi) is 2.60. The highest BCUT2D eigenvalue weighted by molar-refractivity contribution is 7.19. The molecule has 0 unspecified atom stereocenters. The summed E-state index contributed by atoms with van der Waals surface area (Å²) in [6, 6.07) is 9.13. The molecule has 0 aliphatic carbocycles. The molecule has 0 amide bonds. The average Bonchev–Trinajstić information content (AvgIpc) is 2.59. The third kappa shape index (κ3) is 1.69. The van der Waals surface area contributed by atoms with Gasteiger partial charge in [-0.1, -0.05) is 32.9 Å². The van der Waals surface area contributed by atoms with Gasteiger partial charge in [-0.05, 0) is 35.4 Å². The number of rotatable bonds is 2. The van der Waals surface area contributed by atoms with E-state index in [-0.39, 0.29) is 0 Å². The topological polar surface area (TPSA) is 0 Å². The van der Waals surface area contributed by atoms with Crippen molar-refractivity contribution in [2.24, 2.45) is 0 Å². The molecule has 14 heavy (non-hydrogen) atoms. The van der Waals surface area contributed by atoms with Crippen molar-refractivity contribution in [3.8, 4) is 0 Å². The van der Waals surface area contributed by atoms with Crippen molar-refractivity contribution in [3.05, 3.63) is 34.7 Å². The van der Waals surface area contributed by atoms with Crippen LogP contribution in [0.2, 0.25) is 0 Å². The van der Waals surface area contributed by atoms with E-state index in [9.17, 15) is 0 Å². The first-order valence-electron chi connectivity index (χ1n) is 5.23. The normalized spacial score (nSPS) is 11.4. The van der Waals surface area contributed by atoms with E-state index in [0.717, 1.165) is 6.42 Å². The van der Waals surface area contributed by atoms with Gasteiger partial charge in [0.1, 0.15) is 0 Å². The fraction of sp³-hybridized carbons (Fsp3) is 0.385. The molecule has 0 spiro atoms. The van der Waals surface area contributed by atoms with E-state index in [1.807, 2.05) is 11.3 Å². The van der Waals surface area contributed by atoms with Crippen LogP contribution in [0.15, 0.2) is 24.3 Å². The summed E-state index contributed by atoms with van der Waals surface area (Å²) in [6.07, 6.45) is 1.13. The summed E-state index contributed by atoms with van der Waals surface area (Å²) < 4.78 is 1.44. The molecule has 0 N–H and O–H groups in total. The zero-order valence-corrected chi connectivity index (χ0v) is 9.82. The minimum Gasteiger partial charge on any atom is -0.140 e. The fourth-order valence-corrected chi connectivity index (χ4v) is 2.73. The minimum absolute atomic E-state index is 0.650. The van der Waals surface area contributed by atoms with Crippen molar-refractivity contribution >= 4 is 21.4 Å². The van der Waals surface area contributed by atoms with Crippen molar-refractivity contribution in [2.75, 3.05) is 0 Å². The molecule has 0 aliphatic rings. The Morgan fingerprint density at radius 3 is 2.64 bits per heavy atom. The highest BCUT2D eigenvalue weighted by Gasteiger charge is 2.05. The Hall–Kier alpha value is -0.820. The molecule has 0 atom stereocenters. The van der Waals surface area contributed by atoms with Crippen molar-refractivity contribution < 1.29 is 0 Å². The van der Waals surface area contributed by atoms with Crippen molar-refractivity contribution in [1.82, 2.24) is 0 Å². The van der Waals surface area contributed by atoms with E-state index >= 15 is 0 Å². The van der Waals surface area contributed by atoms with Gasteiger partial charge in [-0.2, -0.15) is 0 Å². The Labute approximate surface area is 89.6 Å². The van der Waals surface area contributed by atoms with E-state index in [1.54, 1.807) is 0 Å². The first kappa shape index (κ1) is 9.72. The second kappa shape index (κ2) is 3.74. The first-order valence-corrected chi connectivity index (χ1v) is 6.04. The summed E-state index contributed by atoms with van der Waals surface area (Å²) in [6.45, 7) is 6.72. The number of thiophene rings is 1. The third-order valence-corrected chi connectivity index (χ3v) is 3.98. The lowest BCUT2D eigenvalue weighted by molar-refractivity contribution is 0.890. The fourth-order valence-electron chi connectivity index (χ4n) is 1.60. The molecule has 0 aliphatic heterocycles. The lowest BCUT2D eigenvalue weighted by Crippen LogP contribution is -1.77. The van der Waals surface area contributed by atoms with Gasteiger partial charge in [0.05, 0.1) is 0 Å². The summed E-state index contributed by atoms with van der Waals surface area (Å²) in [5.41, 5.74) is 1.44. The van der Waals surface area contributed by atoms with Crippen LogP contribution in [-0.2, 0) is 6.42 Å². The van der Waals surface area contributed by atoms with Crippen LogP contribution in [0.25, 0.3) is 10.1 Å². The third-order valence-electron chi connectivity index (χ3n) is 2.58. The van der Waals surface area contributed by atoms with Crippen LogP contribution in [0.3, 0.4) is 0 Å². The number of fused-ring (bicyclic) bond motifs is 1. The molecule has 0 saturated heterocycles. The van der Waals surface area contributed by atoms with Gasteiger partial charge in [-0.3, -0.25) is 0 Å². The van der Waals surface area contributed by atoms with Crippen LogP contribution in [-0.4, -0.2) is 0 Å². The predicted molar refractivity (Wildman–Crippen MR) is 65.3 cm³/mol. The van der Waals surface area contributed by atoms with Crippen LogP contribution < -0.4 is 0 Å². The number of benzene rings is 1. The van der Waals surface area contributed by atoms with Crippen LogP contribution in [0.4, 0.5) is 0 Å². The Morgan fingerprint density at radius 1 is 1.21 bits per heavy atom. The van der Waals surface area contributed by atoms with E-state index in [0.29, 0.717) is 5.92 Å². The molecule has 2 rings (SSSR count). The molecule has 0 bridgehead atoms. The van der Waals surface area contributed by atoms with Crippen molar-refractivity contribution in [2.45, 2.75) is 33.1 Å². The molecule has 0 radical (unpaired) electrons. The highest BCUT2D eigenvalue weighted by atomic mass is 32.1. The standard InChI is InChI=1S/C13H16S/c1-4-10-5-6-11-8-12(9(2)3)14-13(11)7-10/h5-9H,4H2,1-3H3. The van der Waals surface area contributed by atoms with Gasteiger partial charge in [-0.25, -0.2) is 0 Å². The van der Waals surface area contributed by atoms with Gasteiger partial charge < -0.3 is 0 Å². The lowest BCUT2D eigenvalue weighted by Gasteiger charge is -1.96. The summed E-state index contributed by atoms with van der Waals surface area (Å²) in [4.78, 5) is 1.49. The number of hydrogen-bond acceptors (Lipinski definition) is 1. The molecule has 0 saturated carbocycles. The Bertz CT molecular complexity index is 437. The molecule has 2 aromatic rings. The van der Waals surface area contributed by atoms with Gasteiger partial charge >= 0.3 is 0 Å². The molecular formula is C13H16S. The van der Waals surface area contributed by atoms with Gasteiger partial charge in [0.2, 0.25) is 0 Å². The zero-order chi connectivity index (χ0) is 10.1. The van der Waals surface area contributed by atoms with Crippen molar-refractivity contribution in [3.63, 3.8) is 0 Å². The van der Waals surface area contributed by atoms with Gasteiger partial charge in [0, 0.05) is 9.58 Å². The molecule has 1 aromatic heterocycles. The van der Waals surface area contributed by atoms with E-state index in [1.165, 1.54) is 20.5 Å². The maximum absolute atomic E-state index is 2.33. The quantitative estimate of drug-likeness (QED) is 0.671. The van der Waals surface area contributed by atoms with Crippen LogP contribution in [0.5, 0.6) is 0 Å². The van der Waals surface area contributed by atoms with E-state index < -0.39 is 0 Å². The van der Waals surface area contributed by atoms with Gasteiger partial charge in [0.15, 0.2) is 0 Å². The van der Waals surface area contributed by atoms with Crippen LogP contribution in [0, 0.1) is 0 Å². The van der Waals surface area contributed by atoms with Crippen molar-refractivity contribution in [1.29, 1.82) is 0 Å². The first-order chi connectivity index (χ1) is 6.70. The molecule has 74 valence electrons. The Balaban J connectivity index is 2.54. The van der Waals surface area contributed by atoms with Gasteiger partial charge in [0.25, 0.3) is 0 Å². The molecule has 1 aromatic carbocycles. The van der Waals surface area contributed by atoms with E-state index in [2.05, 4.69) is 45.0 Å². The number of hydrogen-bond donors (Lipinski definition) is 0. The van der Waals surface area contributed by atoms with Gasteiger partial charge in [-0.15, -0.1) is 11.3 Å². The average molecular weight is 204 g/mol. The maximum Gasteiger partial charge on any atom is 0.0348 e. The zero-order valence-electron chi connectivity index (χ0n) is 9.00. The van der Waals surface area contributed by atoms with Crippen LogP contribution in [0.1, 0.15) is 37.1 Å². The summed E-state index contributed by atoms with van der Waals surface area (Å²) in [5, 5.41) is 1.40. The molecule has 1 heterocycles. The summed E-state index contributed by atoms with van der Waals surface area (Å²) in [7, 11) is 0. The second-order valence-electron chi connectivity index (χ2n) is 4.03. The SMILES string of the molecule is CCc1ccc2cc(C(C)C)sc2c1. The van der Waals surface area contributed by atoms with Crippen LogP contribution >= 0.6 is 11.3 Å². The lowest BCUT2D eigenvalue weighted by atomic mass is 10.1. The smallest absolute Gasteiger partial charge is 0.0348 e. The van der Waals surface area contributed by atoms with E-state index in [4.69, 9.17) is 0 Å². The molecule has 0 fully saturated rings. The molecule has 1 heteroatoms. The Morgan fingerprint density at radius 2 is 2.00 bits per heavy atom. The summed E-state index contributed by atoms with van der Waals surface area (Å²) >= 11 is 1.93.